The molecule has 0 aliphatic carbocycles. The summed E-state index contributed by atoms with van der Waals surface area (Å²) in [6, 6.07) is 6.18. The van der Waals surface area contributed by atoms with Crippen molar-refractivity contribution in [1.29, 1.82) is 0 Å². The van der Waals surface area contributed by atoms with Crippen LogP contribution in [-0.2, 0) is 14.8 Å². The highest BCUT2D eigenvalue weighted by Crippen LogP contribution is 2.18. The number of nitrogens with zero attached hydrogens (tertiary/aromatic N) is 1. The second kappa shape index (κ2) is 5.15. The number of amides is 1. The largest absolute Gasteiger partial charge is 0.375 e. The van der Waals surface area contributed by atoms with Gasteiger partial charge in [0.25, 0.3) is 0 Å². The number of benzene rings is 1. The zero-order valence-electron chi connectivity index (χ0n) is 9.67. The summed E-state index contributed by atoms with van der Waals surface area (Å²) in [4.78, 5) is 12.7. The summed E-state index contributed by atoms with van der Waals surface area (Å²) in [6.45, 7) is 0.0134. The van der Waals surface area contributed by atoms with Crippen LogP contribution in [0.4, 0.5) is 5.69 Å². The Bertz CT molecular complexity index is 511. The summed E-state index contributed by atoms with van der Waals surface area (Å²) in [6.07, 6.45) is 0. The number of carbonyl (C=O) groups excluding carboxylic acids is 1. The fourth-order valence-corrected chi connectivity index (χ4v) is 1.90. The Morgan fingerprint density at radius 1 is 1.35 bits per heavy atom. The predicted octanol–water partition coefficient (Wildman–Crippen LogP) is -0.166. The lowest BCUT2D eigenvalue weighted by molar-refractivity contribution is -0.126. The molecule has 7 heteroatoms. The number of sulfonamides is 1. The van der Waals surface area contributed by atoms with E-state index >= 15 is 0 Å². The van der Waals surface area contributed by atoms with Crippen molar-refractivity contribution >= 4 is 21.6 Å². The van der Waals surface area contributed by atoms with Gasteiger partial charge in [-0.15, -0.1) is 0 Å². The van der Waals surface area contributed by atoms with Crippen molar-refractivity contribution in [1.82, 2.24) is 4.90 Å². The molecule has 0 saturated heterocycles. The van der Waals surface area contributed by atoms with Gasteiger partial charge in [-0.3, -0.25) is 4.79 Å². The molecule has 0 fully saturated rings. The third-order valence-electron chi connectivity index (χ3n) is 2.12. The molecule has 0 spiro atoms. The van der Waals surface area contributed by atoms with E-state index < -0.39 is 10.0 Å². The van der Waals surface area contributed by atoms with Gasteiger partial charge < -0.3 is 10.2 Å². The average molecular weight is 257 g/mol. The van der Waals surface area contributed by atoms with Crippen molar-refractivity contribution in [3.8, 4) is 0 Å². The molecule has 0 heterocycles. The van der Waals surface area contributed by atoms with E-state index in [-0.39, 0.29) is 17.3 Å². The zero-order chi connectivity index (χ0) is 13.1. The van der Waals surface area contributed by atoms with Gasteiger partial charge in [0.1, 0.15) is 4.90 Å². The number of anilines is 1. The molecule has 94 valence electrons. The molecule has 0 aromatic heterocycles. The molecule has 0 unspecified atom stereocenters. The van der Waals surface area contributed by atoms with E-state index in [1.54, 1.807) is 32.3 Å². The number of rotatable bonds is 4. The summed E-state index contributed by atoms with van der Waals surface area (Å²) in [5, 5.41) is 7.81. The maximum atomic E-state index is 11.4. The van der Waals surface area contributed by atoms with Gasteiger partial charge in [0.15, 0.2) is 0 Å². The molecule has 0 aliphatic heterocycles. The molecule has 0 aliphatic rings. The van der Waals surface area contributed by atoms with Crippen LogP contribution in [0.3, 0.4) is 0 Å². The van der Waals surface area contributed by atoms with Crippen molar-refractivity contribution in [3.05, 3.63) is 24.3 Å². The molecular weight excluding hydrogens is 242 g/mol. The number of likely N-dealkylation sites (N-methyl/N-ethyl adjacent to an activating group) is 1. The number of primary sulfonamides is 1. The first kappa shape index (κ1) is 13.5. The van der Waals surface area contributed by atoms with Crippen molar-refractivity contribution in [2.24, 2.45) is 5.14 Å². The highest BCUT2D eigenvalue weighted by Gasteiger charge is 2.13. The second-order valence-electron chi connectivity index (χ2n) is 3.68. The monoisotopic (exact) mass is 257 g/mol. The number of hydrogen-bond acceptors (Lipinski definition) is 4. The van der Waals surface area contributed by atoms with Crippen LogP contribution in [0.2, 0.25) is 0 Å². The fourth-order valence-electron chi connectivity index (χ4n) is 1.19. The van der Waals surface area contributed by atoms with Crippen LogP contribution in [0.5, 0.6) is 0 Å². The Morgan fingerprint density at radius 3 is 2.47 bits per heavy atom. The maximum absolute atomic E-state index is 11.4. The molecule has 0 bridgehead atoms. The Hall–Kier alpha value is -1.60. The molecule has 0 saturated carbocycles. The van der Waals surface area contributed by atoms with Crippen LogP contribution in [0.25, 0.3) is 0 Å². The minimum Gasteiger partial charge on any atom is -0.375 e. The quantitative estimate of drug-likeness (QED) is 0.783. The Labute approximate surface area is 100 Å². The van der Waals surface area contributed by atoms with Gasteiger partial charge in [-0.2, -0.15) is 0 Å². The lowest BCUT2D eigenvalue weighted by atomic mass is 10.3. The van der Waals surface area contributed by atoms with Gasteiger partial charge in [-0.05, 0) is 12.1 Å². The Balaban J connectivity index is 2.89. The number of nitrogens with two attached hydrogens (primary N) is 1. The van der Waals surface area contributed by atoms with E-state index in [0.717, 1.165) is 0 Å². The average Bonchev–Trinajstić information content (AvgIpc) is 2.24. The third kappa shape index (κ3) is 3.72. The van der Waals surface area contributed by atoms with Crippen LogP contribution in [0.15, 0.2) is 29.2 Å². The molecule has 1 amide bonds. The van der Waals surface area contributed by atoms with Gasteiger partial charge >= 0.3 is 0 Å². The van der Waals surface area contributed by atoms with Crippen LogP contribution in [-0.4, -0.2) is 39.9 Å². The van der Waals surface area contributed by atoms with E-state index in [0.29, 0.717) is 5.69 Å². The molecule has 17 heavy (non-hydrogen) atoms. The summed E-state index contributed by atoms with van der Waals surface area (Å²) >= 11 is 0. The number of nitrogens with one attached hydrogen (secondary N) is 1. The highest BCUT2D eigenvalue weighted by atomic mass is 32.2. The predicted molar refractivity (Wildman–Crippen MR) is 65.0 cm³/mol. The Kier molecular flexibility index (Phi) is 4.08. The van der Waals surface area contributed by atoms with Crippen molar-refractivity contribution in [2.45, 2.75) is 4.90 Å². The molecule has 1 rings (SSSR count). The van der Waals surface area contributed by atoms with E-state index in [9.17, 15) is 13.2 Å². The second-order valence-corrected chi connectivity index (χ2v) is 5.21. The molecule has 3 N–H and O–H groups in total. The normalized spacial score (nSPS) is 11.0. The first-order chi connectivity index (χ1) is 7.82. The topological polar surface area (TPSA) is 92.5 Å². The molecule has 1 aromatic rings. The lowest BCUT2D eigenvalue weighted by Gasteiger charge is -2.13. The third-order valence-corrected chi connectivity index (χ3v) is 3.09. The fraction of sp³-hybridized carbons (Fsp3) is 0.300. The van der Waals surface area contributed by atoms with Gasteiger partial charge in [-0.1, -0.05) is 12.1 Å². The SMILES string of the molecule is CN(C)C(=O)CNc1ccccc1S(N)(=O)=O. The van der Waals surface area contributed by atoms with E-state index in [1.165, 1.54) is 11.0 Å². The van der Waals surface area contributed by atoms with Gasteiger partial charge in [0.05, 0.1) is 12.2 Å². The number of carbonyl (C=O) groups is 1. The molecule has 0 atom stereocenters. The standard InChI is InChI=1S/C10H15N3O3S/c1-13(2)10(14)7-12-8-5-3-4-6-9(8)17(11,15)16/h3-6,12H,7H2,1-2H3,(H2,11,15,16). The van der Waals surface area contributed by atoms with Crippen LogP contribution < -0.4 is 10.5 Å². The van der Waals surface area contributed by atoms with Crippen LogP contribution in [0, 0.1) is 0 Å². The van der Waals surface area contributed by atoms with Crippen molar-refractivity contribution in [3.63, 3.8) is 0 Å². The van der Waals surface area contributed by atoms with E-state index in [4.69, 9.17) is 5.14 Å². The maximum Gasteiger partial charge on any atom is 0.241 e. The number of para-hydroxylation sites is 1. The summed E-state index contributed by atoms with van der Waals surface area (Å²) in [5.74, 6) is -0.158. The Morgan fingerprint density at radius 2 is 1.94 bits per heavy atom. The van der Waals surface area contributed by atoms with Crippen molar-refractivity contribution < 1.29 is 13.2 Å². The van der Waals surface area contributed by atoms with Gasteiger partial charge in [0, 0.05) is 14.1 Å². The summed E-state index contributed by atoms with van der Waals surface area (Å²) in [5.41, 5.74) is 0.324. The summed E-state index contributed by atoms with van der Waals surface area (Å²) in [7, 11) is -0.548. The minimum absolute atomic E-state index is 0.0134. The van der Waals surface area contributed by atoms with E-state index in [1.807, 2.05) is 0 Å². The first-order valence-corrected chi connectivity index (χ1v) is 6.43. The first-order valence-electron chi connectivity index (χ1n) is 4.88. The van der Waals surface area contributed by atoms with Gasteiger partial charge in [-0.25, -0.2) is 13.6 Å². The smallest absolute Gasteiger partial charge is 0.241 e. The van der Waals surface area contributed by atoms with Gasteiger partial charge in [0.2, 0.25) is 15.9 Å². The van der Waals surface area contributed by atoms with Crippen molar-refractivity contribution in [2.75, 3.05) is 26.0 Å². The zero-order valence-corrected chi connectivity index (χ0v) is 10.5. The molecule has 0 radical (unpaired) electrons. The lowest BCUT2D eigenvalue weighted by Crippen LogP contribution is -2.29. The number of hydrogen-bond donors (Lipinski definition) is 2. The van der Waals surface area contributed by atoms with Crippen LogP contribution >= 0.6 is 0 Å². The molecule has 6 nitrogen and oxygen atoms in total. The molecular formula is C10H15N3O3S. The minimum atomic E-state index is -3.79. The van der Waals surface area contributed by atoms with E-state index in [2.05, 4.69) is 5.32 Å². The molecule has 1 aromatic carbocycles. The summed E-state index contributed by atoms with van der Waals surface area (Å²) < 4.78 is 22.5. The highest BCUT2D eigenvalue weighted by molar-refractivity contribution is 7.89. The van der Waals surface area contributed by atoms with Crippen LogP contribution in [0.1, 0.15) is 0 Å².